The third-order valence-corrected chi connectivity index (χ3v) is 4.76. The van der Waals surface area contributed by atoms with Gasteiger partial charge in [-0.1, -0.05) is 41.9 Å². The number of hydrogen-bond acceptors (Lipinski definition) is 4. The van der Waals surface area contributed by atoms with E-state index in [1.807, 2.05) is 42.0 Å². The third-order valence-electron chi connectivity index (χ3n) is 4.43. The molecule has 6 heteroatoms. The van der Waals surface area contributed by atoms with Gasteiger partial charge in [0, 0.05) is 22.8 Å². The average molecular weight is 364 g/mol. The molecule has 5 nitrogen and oxygen atoms in total. The molecule has 0 aliphatic heterocycles. The molecule has 1 unspecified atom stereocenters. The van der Waals surface area contributed by atoms with Crippen molar-refractivity contribution in [1.82, 2.24) is 19.5 Å². The summed E-state index contributed by atoms with van der Waals surface area (Å²) in [5, 5.41) is 6.38. The fourth-order valence-corrected chi connectivity index (χ4v) is 3.35. The average Bonchev–Trinajstić information content (AvgIpc) is 3.08. The molecule has 0 amide bonds. The quantitative estimate of drug-likeness (QED) is 0.557. The number of halogens is 1. The Labute approximate surface area is 156 Å². The van der Waals surface area contributed by atoms with E-state index in [1.165, 1.54) is 0 Å². The van der Waals surface area contributed by atoms with Crippen LogP contribution in [0.2, 0.25) is 5.02 Å². The van der Waals surface area contributed by atoms with E-state index >= 15 is 0 Å². The molecule has 130 valence electrons. The summed E-state index contributed by atoms with van der Waals surface area (Å²) >= 11 is 6.34. The summed E-state index contributed by atoms with van der Waals surface area (Å²) in [6.45, 7) is 4.04. The summed E-state index contributed by atoms with van der Waals surface area (Å²) in [6, 6.07) is 12.2. The molecule has 1 atom stereocenters. The number of anilines is 1. The predicted molar refractivity (Wildman–Crippen MR) is 105 cm³/mol. The molecule has 0 aliphatic carbocycles. The Bertz CT molecular complexity index is 1070. The smallest absolute Gasteiger partial charge is 0.159 e. The van der Waals surface area contributed by atoms with Crippen LogP contribution in [0.3, 0.4) is 0 Å². The lowest BCUT2D eigenvalue weighted by Crippen LogP contribution is -2.10. The molecule has 0 radical (unpaired) electrons. The van der Waals surface area contributed by atoms with Crippen LogP contribution in [0.25, 0.3) is 16.6 Å². The first-order chi connectivity index (χ1) is 12.6. The Morgan fingerprint density at radius 3 is 2.65 bits per heavy atom. The van der Waals surface area contributed by atoms with Crippen molar-refractivity contribution in [3.63, 3.8) is 0 Å². The van der Waals surface area contributed by atoms with Crippen LogP contribution >= 0.6 is 11.6 Å². The first kappa shape index (κ1) is 16.5. The first-order valence-electron chi connectivity index (χ1n) is 8.39. The third kappa shape index (κ3) is 3.02. The van der Waals surface area contributed by atoms with Crippen LogP contribution in [-0.4, -0.2) is 19.5 Å². The van der Waals surface area contributed by atoms with Crippen LogP contribution in [0.4, 0.5) is 5.82 Å². The molecule has 0 spiro atoms. The lowest BCUT2D eigenvalue weighted by Gasteiger charge is -2.18. The number of nitrogens with one attached hydrogen (secondary N) is 1. The molecule has 0 aliphatic rings. The van der Waals surface area contributed by atoms with E-state index in [9.17, 15) is 0 Å². The largest absolute Gasteiger partial charge is 0.362 e. The van der Waals surface area contributed by atoms with E-state index in [-0.39, 0.29) is 6.04 Å². The van der Waals surface area contributed by atoms with Crippen molar-refractivity contribution in [2.45, 2.75) is 19.9 Å². The zero-order valence-electron chi connectivity index (χ0n) is 14.5. The van der Waals surface area contributed by atoms with Gasteiger partial charge in [-0.2, -0.15) is 0 Å². The van der Waals surface area contributed by atoms with Crippen LogP contribution in [-0.2, 0) is 0 Å². The summed E-state index contributed by atoms with van der Waals surface area (Å²) in [5.74, 6) is 2.31. The number of aryl methyl sites for hydroxylation is 1. The second-order valence-corrected chi connectivity index (χ2v) is 6.56. The van der Waals surface area contributed by atoms with Crippen molar-refractivity contribution in [2.24, 2.45) is 0 Å². The Kier molecular flexibility index (Phi) is 4.31. The molecule has 0 saturated carbocycles. The monoisotopic (exact) mass is 363 g/mol. The fourth-order valence-electron chi connectivity index (χ4n) is 3.12. The minimum absolute atomic E-state index is 0.0469. The molecule has 2 aromatic carbocycles. The van der Waals surface area contributed by atoms with Gasteiger partial charge >= 0.3 is 0 Å². The zero-order chi connectivity index (χ0) is 18.1. The van der Waals surface area contributed by atoms with Gasteiger partial charge in [-0.25, -0.2) is 9.97 Å². The van der Waals surface area contributed by atoms with E-state index in [2.05, 4.69) is 39.3 Å². The summed E-state index contributed by atoms with van der Waals surface area (Å²) in [7, 11) is 0. The van der Waals surface area contributed by atoms with E-state index in [4.69, 9.17) is 11.6 Å². The highest BCUT2D eigenvalue weighted by molar-refractivity contribution is 6.35. The minimum Gasteiger partial charge on any atom is -0.362 e. The number of benzene rings is 2. The Balaban J connectivity index is 1.66. The minimum atomic E-state index is 0.0469. The van der Waals surface area contributed by atoms with E-state index < -0.39 is 0 Å². The van der Waals surface area contributed by atoms with Gasteiger partial charge in [-0.05, 0) is 30.9 Å². The van der Waals surface area contributed by atoms with Gasteiger partial charge < -0.3 is 5.32 Å². The number of hydrogen-bond donors (Lipinski definition) is 1. The highest BCUT2D eigenvalue weighted by atomic mass is 35.5. The fraction of sp³-hybridized carbons (Fsp3) is 0.150. The van der Waals surface area contributed by atoms with Crippen LogP contribution in [0.1, 0.15) is 24.4 Å². The number of aromatic nitrogens is 4. The maximum Gasteiger partial charge on any atom is 0.159 e. The molecule has 26 heavy (non-hydrogen) atoms. The van der Waals surface area contributed by atoms with Crippen molar-refractivity contribution in [3.8, 4) is 5.82 Å². The maximum atomic E-state index is 6.34. The van der Waals surface area contributed by atoms with E-state index in [0.29, 0.717) is 5.82 Å². The van der Waals surface area contributed by atoms with Crippen molar-refractivity contribution in [1.29, 1.82) is 0 Å². The van der Waals surface area contributed by atoms with Crippen molar-refractivity contribution >= 4 is 28.2 Å². The standard InChI is InChI=1S/C20H18ClN5/c1-13(15-7-8-18(21)17-6-4-3-5-16(15)17)24-19-11-22-12-20(25-19)26-10-9-23-14(26)2/h3-13H,1-2H3,(H,24,25). The van der Waals surface area contributed by atoms with Crippen LogP contribution in [0, 0.1) is 6.92 Å². The molecular weight excluding hydrogens is 346 g/mol. The number of nitrogens with zero attached hydrogens (tertiary/aromatic N) is 4. The van der Waals surface area contributed by atoms with Gasteiger partial charge in [-0.15, -0.1) is 0 Å². The number of fused-ring (bicyclic) bond motifs is 1. The Morgan fingerprint density at radius 1 is 1.08 bits per heavy atom. The van der Waals surface area contributed by atoms with Crippen molar-refractivity contribution < 1.29 is 0 Å². The SMILES string of the molecule is Cc1nccn1-c1cncc(NC(C)c2ccc(Cl)c3ccccc23)n1. The molecule has 4 aromatic rings. The molecule has 2 heterocycles. The Morgan fingerprint density at radius 2 is 1.88 bits per heavy atom. The molecule has 0 bridgehead atoms. The van der Waals surface area contributed by atoms with Gasteiger partial charge in [-0.3, -0.25) is 9.55 Å². The molecule has 0 saturated heterocycles. The summed E-state index contributed by atoms with van der Waals surface area (Å²) in [6.07, 6.45) is 7.07. The normalized spacial score (nSPS) is 12.3. The van der Waals surface area contributed by atoms with Crippen molar-refractivity contribution in [2.75, 3.05) is 5.32 Å². The predicted octanol–water partition coefficient (Wildman–Crippen LogP) is 4.95. The van der Waals surface area contributed by atoms with Gasteiger partial charge in [0.15, 0.2) is 5.82 Å². The molecule has 4 rings (SSSR count). The summed E-state index contributed by atoms with van der Waals surface area (Å²) < 4.78 is 1.90. The summed E-state index contributed by atoms with van der Waals surface area (Å²) in [5.41, 5.74) is 1.16. The van der Waals surface area contributed by atoms with Gasteiger partial charge in [0.2, 0.25) is 0 Å². The van der Waals surface area contributed by atoms with Crippen LogP contribution in [0.5, 0.6) is 0 Å². The van der Waals surface area contributed by atoms with Gasteiger partial charge in [0.05, 0.1) is 18.4 Å². The zero-order valence-corrected chi connectivity index (χ0v) is 15.3. The second kappa shape index (κ2) is 6.77. The summed E-state index contributed by atoms with van der Waals surface area (Å²) in [4.78, 5) is 13.2. The topological polar surface area (TPSA) is 55.6 Å². The van der Waals surface area contributed by atoms with E-state index in [1.54, 1.807) is 18.6 Å². The lowest BCUT2D eigenvalue weighted by molar-refractivity contribution is 0.864. The highest BCUT2D eigenvalue weighted by Gasteiger charge is 2.12. The van der Waals surface area contributed by atoms with Gasteiger partial charge in [0.25, 0.3) is 0 Å². The molecular formula is C20H18ClN5. The maximum absolute atomic E-state index is 6.34. The Hall–Kier alpha value is -2.92. The first-order valence-corrected chi connectivity index (χ1v) is 8.77. The highest BCUT2D eigenvalue weighted by Crippen LogP contribution is 2.31. The van der Waals surface area contributed by atoms with Crippen LogP contribution < -0.4 is 5.32 Å². The van der Waals surface area contributed by atoms with Crippen molar-refractivity contribution in [3.05, 3.63) is 77.6 Å². The lowest BCUT2D eigenvalue weighted by atomic mass is 9.99. The van der Waals surface area contributed by atoms with Gasteiger partial charge in [0.1, 0.15) is 11.6 Å². The second-order valence-electron chi connectivity index (χ2n) is 6.16. The molecule has 1 N–H and O–H groups in total. The number of imidazole rings is 1. The molecule has 2 aromatic heterocycles. The van der Waals surface area contributed by atoms with Crippen LogP contribution in [0.15, 0.2) is 61.2 Å². The van der Waals surface area contributed by atoms with E-state index in [0.717, 1.165) is 33.0 Å². The number of rotatable bonds is 4. The molecule has 0 fully saturated rings.